The van der Waals surface area contributed by atoms with Crippen molar-refractivity contribution in [2.45, 2.75) is 31.3 Å². The first-order valence-electron chi connectivity index (χ1n) is 7.21. The Labute approximate surface area is 122 Å². The molecule has 0 aromatic rings. The van der Waals surface area contributed by atoms with E-state index in [1.54, 1.807) is 0 Å². The van der Waals surface area contributed by atoms with Crippen LogP contribution in [0.5, 0.6) is 0 Å². The SMILES string of the molecule is NCCNC(=O)C1CCCN(CC2CC(F)(F)C(=O)O2)C1. The van der Waals surface area contributed by atoms with Gasteiger partial charge in [0.1, 0.15) is 6.10 Å². The Balaban J connectivity index is 1.82. The number of esters is 1. The van der Waals surface area contributed by atoms with Crippen LogP contribution in [0, 0.1) is 5.92 Å². The molecule has 2 rings (SSSR count). The monoisotopic (exact) mass is 305 g/mol. The predicted octanol–water partition coefficient (Wildman–Crippen LogP) is -0.276. The van der Waals surface area contributed by atoms with Gasteiger partial charge in [0, 0.05) is 26.2 Å². The van der Waals surface area contributed by atoms with Gasteiger partial charge in [0.05, 0.1) is 12.3 Å². The van der Waals surface area contributed by atoms with E-state index in [1.165, 1.54) is 0 Å². The number of hydrogen-bond donors (Lipinski definition) is 2. The molecule has 2 aliphatic rings. The van der Waals surface area contributed by atoms with Crippen LogP contribution in [0.3, 0.4) is 0 Å². The average Bonchev–Trinajstić information content (AvgIpc) is 2.69. The van der Waals surface area contributed by atoms with E-state index in [4.69, 9.17) is 10.5 Å². The van der Waals surface area contributed by atoms with Gasteiger partial charge in [-0.1, -0.05) is 0 Å². The van der Waals surface area contributed by atoms with Crippen LogP contribution in [0.2, 0.25) is 0 Å². The standard InChI is InChI=1S/C13H21F2N3O3/c14-13(15)6-10(21-12(13)20)8-18-5-1-2-9(7-18)11(19)17-4-3-16/h9-10H,1-8,16H2,(H,17,19). The summed E-state index contributed by atoms with van der Waals surface area (Å²) in [5.41, 5.74) is 5.34. The van der Waals surface area contributed by atoms with Crippen molar-refractivity contribution in [3.8, 4) is 0 Å². The molecular formula is C13H21F2N3O3. The van der Waals surface area contributed by atoms with Crippen LogP contribution >= 0.6 is 0 Å². The molecule has 21 heavy (non-hydrogen) atoms. The topological polar surface area (TPSA) is 84.7 Å². The van der Waals surface area contributed by atoms with Gasteiger partial charge in [-0.25, -0.2) is 4.79 Å². The molecule has 3 N–H and O–H groups in total. The number of carbonyl (C=O) groups excluding carboxylic acids is 2. The summed E-state index contributed by atoms with van der Waals surface area (Å²) in [5.74, 6) is -5.04. The number of rotatable bonds is 5. The van der Waals surface area contributed by atoms with E-state index >= 15 is 0 Å². The molecule has 6 nitrogen and oxygen atoms in total. The number of halogens is 2. The van der Waals surface area contributed by atoms with Gasteiger partial charge in [-0.2, -0.15) is 8.78 Å². The molecule has 1 amide bonds. The molecule has 0 spiro atoms. The summed E-state index contributed by atoms with van der Waals surface area (Å²) in [6, 6.07) is 0. The fourth-order valence-corrected chi connectivity index (χ4v) is 2.81. The van der Waals surface area contributed by atoms with Crippen molar-refractivity contribution in [1.82, 2.24) is 10.2 Å². The molecule has 0 aromatic heterocycles. The van der Waals surface area contributed by atoms with Gasteiger partial charge >= 0.3 is 11.9 Å². The number of hydrogen-bond acceptors (Lipinski definition) is 5. The smallest absolute Gasteiger partial charge is 0.377 e. The molecule has 0 saturated carbocycles. The molecule has 0 aromatic carbocycles. The molecule has 2 unspecified atom stereocenters. The predicted molar refractivity (Wildman–Crippen MR) is 70.7 cm³/mol. The van der Waals surface area contributed by atoms with Crippen molar-refractivity contribution in [3.05, 3.63) is 0 Å². The van der Waals surface area contributed by atoms with E-state index in [-0.39, 0.29) is 18.4 Å². The zero-order valence-electron chi connectivity index (χ0n) is 11.8. The Morgan fingerprint density at radius 2 is 2.29 bits per heavy atom. The van der Waals surface area contributed by atoms with E-state index in [9.17, 15) is 18.4 Å². The third kappa shape index (κ3) is 4.10. The molecule has 0 bridgehead atoms. The molecule has 0 radical (unpaired) electrons. The summed E-state index contributed by atoms with van der Waals surface area (Å²) in [4.78, 5) is 24.8. The highest BCUT2D eigenvalue weighted by molar-refractivity contribution is 5.80. The van der Waals surface area contributed by atoms with Gasteiger partial charge in [-0.05, 0) is 19.4 Å². The highest BCUT2D eigenvalue weighted by atomic mass is 19.3. The summed E-state index contributed by atoms with van der Waals surface area (Å²) in [5, 5.41) is 2.74. The minimum absolute atomic E-state index is 0.0566. The number of nitrogens with one attached hydrogen (secondary N) is 1. The highest BCUT2D eigenvalue weighted by Crippen LogP contribution is 2.31. The van der Waals surface area contributed by atoms with Crippen LogP contribution in [0.1, 0.15) is 19.3 Å². The van der Waals surface area contributed by atoms with Crippen molar-refractivity contribution in [3.63, 3.8) is 0 Å². The molecule has 2 atom stereocenters. The van der Waals surface area contributed by atoms with Gasteiger partial charge in [0.15, 0.2) is 0 Å². The van der Waals surface area contributed by atoms with Crippen LogP contribution in [0.15, 0.2) is 0 Å². The Bertz CT molecular complexity index is 406. The second kappa shape index (κ2) is 6.65. The molecule has 8 heteroatoms. The summed E-state index contributed by atoms with van der Waals surface area (Å²) in [6.45, 7) is 2.29. The van der Waals surface area contributed by atoms with Gasteiger partial charge in [0.25, 0.3) is 0 Å². The first-order valence-corrected chi connectivity index (χ1v) is 7.21. The number of likely N-dealkylation sites (tertiary alicyclic amines) is 1. The number of carbonyl (C=O) groups is 2. The van der Waals surface area contributed by atoms with Crippen molar-refractivity contribution >= 4 is 11.9 Å². The molecule has 2 fully saturated rings. The normalized spacial score (nSPS) is 29.2. The first kappa shape index (κ1) is 16.1. The van der Waals surface area contributed by atoms with Gasteiger partial charge in [-0.15, -0.1) is 0 Å². The minimum Gasteiger partial charge on any atom is -0.456 e. The minimum atomic E-state index is -3.38. The lowest BCUT2D eigenvalue weighted by Gasteiger charge is -2.33. The van der Waals surface area contributed by atoms with Crippen LogP contribution < -0.4 is 11.1 Å². The van der Waals surface area contributed by atoms with Crippen molar-refractivity contribution in [1.29, 1.82) is 0 Å². The maximum absolute atomic E-state index is 13.1. The maximum Gasteiger partial charge on any atom is 0.377 e. The fourth-order valence-electron chi connectivity index (χ4n) is 2.81. The Morgan fingerprint density at radius 1 is 1.52 bits per heavy atom. The van der Waals surface area contributed by atoms with Crippen molar-refractivity contribution in [2.24, 2.45) is 11.7 Å². The number of nitrogens with zero attached hydrogens (tertiary/aromatic N) is 1. The number of nitrogens with two attached hydrogens (primary N) is 1. The summed E-state index contributed by atoms with van der Waals surface area (Å²) in [6.07, 6.45) is 0.218. The van der Waals surface area contributed by atoms with E-state index in [0.717, 1.165) is 19.4 Å². The van der Waals surface area contributed by atoms with E-state index in [2.05, 4.69) is 5.32 Å². The number of alkyl halides is 2. The largest absolute Gasteiger partial charge is 0.456 e. The number of ether oxygens (including phenoxy) is 1. The average molecular weight is 305 g/mol. The van der Waals surface area contributed by atoms with Crippen LogP contribution in [-0.2, 0) is 14.3 Å². The molecular weight excluding hydrogens is 284 g/mol. The molecule has 2 saturated heterocycles. The lowest BCUT2D eigenvalue weighted by Crippen LogP contribution is -2.46. The van der Waals surface area contributed by atoms with Gasteiger partial charge in [0.2, 0.25) is 5.91 Å². The second-order valence-electron chi connectivity index (χ2n) is 5.61. The Hall–Kier alpha value is -1.28. The van der Waals surface area contributed by atoms with Crippen molar-refractivity contribution in [2.75, 3.05) is 32.7 Å². The van der Waals surface area contributed by atoms with Crippen LogP contribution in [-0.4, -0.2) is 61.5 Å². The van der Waals surface area contributed by atoms with E-state index in [0.29, 0.717) is 19.6 Å². The third-order valence-corrected chi connectivity index (χ3v) is 3.84. The summed E-state index contributed by atoms with van der Waals surface area (Å²) >= 11 is 0. The lowest BCUT2D eigenvalue weighted by atomic mass is 9.96. The van der Waals surface area contributed by atoms with Crippen LogP contribution in [0.25, 0.3) is 0 Å². The second-order valence-corrected chi connectivity index (χ2v) is 5.61. The molecule has 0 aliphatic carbocycles. The zero-order valence-corrected chi connectivity index (χ0v) is 11.8. The Morgan fingerprint density at radius 3 is 2.90 bits per heavy atom. The molecule has 2 aliphatic heterocycles. The maximum atomic E-state index is 13.1. The zero-order chi connectivity index (χ0) is 15.5. The Kier molecular flexibility index (Phi) is 5.10. The fraction of sp³-hybridized carbons (Fsp3) is 0.846. The molecule has 2 heterocycles. The number of cyclic esters (lactones) is 1. The number of piperidine rings is 1. The van der Waals surface area contributed by atoms with Gasteiger partial charge in [-0.3, -0.25) is 9.69 Å². The number of amides is 1. The van der Waals surface area contributed by atoms with Crippen molar-refractivity contribution < 1.29 is 23.1 Å². The van der Waals surface area contributed by atoms with E-state index in [1.807, 2.05) is 4.90 Å². The van der Waals surface area contributed by atoms with Gasteiger partial charge < -0.3 is 15.8 Å². The quantitative estimate of drug-likeness (QED) is 0.683. The summed E-state index contributed by atoms with van der Waals surface area (Å²) in [7, 11) is 0. The highest BCUT2D eigenvalue weighted by Gasteiger charge is 2.51. The van der Waals surface area contributed by atoms with Crippen LogP contribution in [0.4, 0.5) is 8.78 Å². The molecule has 120 valence electrons. The first-order chi connectivity index (χ1) is 9.92. The summed E-state index contributed by atoms with van der Waals surface area (Å²) < 4.78 is 30.9. The lowest BCUT2D eigenvalue weighted by molar-refractivity contribution is -0.159. The third-order valence-electron chi connectivity index (χ3n) is 3.84. The van der Waals surface area contributed by atoms with E-state index < -0.39 is 24.4 Å².